The lowest BCUT2D eigenvalue weighted by molar-refractivity contribution is -0.163. The molecule has 1 aromatic rings. The Bertz CT molecular complexity index is 644. The first kappa shape index (κ1) is 18.4. The van der Waals surface area contributed by atoms with Crippen molar-refractivity contribution in [2.45, 2.75) is 45.0 Å². The molecule has 136 valence electrons. The number of carbonyl (C=O) groups is 1. The van der Waals surface area contributed by atoms with Gasteiger partial charge in [0.05, 0.1) is 24.3 Å². The van der Waals surface area contributed by atoms with Gasteiger partial charge in [0.15, 0.2) is 5.79 Å². The summed E-state index contributed by atoms with van der Waals surface area (Å²) >= 11 is 3.50. The van der Waals surface area contributed by atoms with E-state index in [-0.39, 0.29) is 5.97 Å². The lowest BCUT2D eigenvalue weighted by Gasteiger charge is -2.32. The molecular weight excluding hydrogens is 388 g/mol. The molecule has 0 aromatic heterocycles. The molecule has 1 aliphatic heterocycles. The zero-order chi connectivity index (χ0) is 17.9. The molecule has 2 aliphatic rings. The topological polar surface area (TPSA) is 54.0 Å². The zero-order valence-corrected chi connectivity index (χ0v) is 16.1. The Kier molecular flexibility index (Phi) is 5.81. The molecule has 0 N–H and O–H groups in total. The molecule has 1 atom stereocenters. The minimum Gasteiger partial charge on any atom is -0.473 e. The predicted octanol–water partition coefficient (Wildman–Crippen LogP) is 3.92. The van der Waals surface area contributed by atoms with Crippen molar-refractivity contribution >= 4 is 21.9 Å². The van der Waals surface area contributed by atoms with E-state index in [2.05, 4.69) is 15.9 Å². The fraction of sp³-hybridized carbons (Fsp3) is 0.526. The summed E-state index contributed by atoms with van der Waals surface area (Å²) in [4.78, 5) is 12.5. The van der Waals surface area contributed by atoms with Crippen LogP contribution in [0.4, 0.5) is 0 Å². The number of rotatable bonds is 5. The average molecular weight is 411 g/mol. The van der Waals surface area contributed by atoms with Crippen LogP contribution >= 0.6 is 15.9 Å². The molecular formula is C19H23BrO5. The number of hydrogen-bond donors (Lipinski definition) is 0. The van der Waals surface area contributed by atoms with E-state index in [9.17, 15) is 4.79 Å². The van der Waals surface area contributed by atoms with Gasteiger partial charge in [-0.25, -0.2) is 4.79 Å². The largest absolute Gasteiger partial charge is 0.473 e. The molecule has 1 spiro atoms. The van der Waals surface area contributed by atoms with Gasteiger partial charge < -0.3 is 18.9 Å². The molecule has 0 amide bonds. The predicted molar refractivity (Wildman–Crippen MR) is 96.5 cm³/mol. The molecule has 25 heavy (non-hydrogen) atoms. The number of para-hydroxylation sites is 1. The number of esters is 1. The van der Waals surface area contributed by atoms with Crippen LogP contribution in [0.25, 0.3) is 0 Å². The SMILES string of the molecule is CCOC(=O)C(Oc1c(C)cccc1Br)C1=CCC2(CC1)OCCO2. The van der Waals surface area contributed by atoms with Crippen LogP contribution in [0.5, 0.6) is 5.75 Å². The first-order valence-corrected chi connectivity index (χ1v) is 9.39. The van der Waals surface area contributed by atoms with Gasteiger partial charge >= 0.3 is 5.97 Å². The zero-order valence-electron chi connectivity index (χ0n) is 14.5. The highest BCUT2D eigenvalue weighted by Gasteiger charge is 2.40. The van der Waals surface area contributed by atoms with Crippen LogP contribution in [0.15, 0.2) is 34.3 Å². The Morgan fingerprint density at radius 2 is 2.12 bits per heavy atom. The van der Waals surface area contributed by atoms with E-state index in [0.717, 1.165) is 15.6 Å². The summed E-state index contributed by atoms with van der Waals surface area (Å²) in [5.74, 6) is -0.227. The average Bonchev–Trinajstić information content (AvgIpc) is 3.04. The number of halogens is 1. The molecule has 3 rings (SSSR count). The second-order valence-electron chi connectivity index (χ2n) is 6.23. The Hall–Kier alpha value is -1.37. The van der Waals surface area contributed by atoms with Crippen molar-refractivity contribution in [3.63, 3.8) is 0 Å². The molecule has 1 aromatic carbocycles. The number of aryl methyl sites for hydroxylation is 1. The van der Waals surface area contributed by atoms with Crippen LogP contribution in [0, 0.1) is 6.92 Å². The first-order valence-electron chi connectivity index (χ1n) is 8.60. The third-order valence-electron chi connectivity index (χ3n) is 4.52. The van der Waals surface area contributed by atoms with E-state index >= 15 is 0 Å². The molecule has 1 saturated heterocycles. The highest BCUT2D eigenvalue weighted by molar-refractivity contribution is 9.10. The van der Waals surface area contributed by atoms with E-state index in [1.165, 1.54) is 0 Å². The summed E-state index contributed by atoms with van der Waals surface area (Å²) in [6.07, 6.45) is 3.26. The van der Waals surface area contributed by atoms with Crippen LogP contribution in [0.2, 0.25) is 0 Å². The van der Waals surface area contributed by atoms with Crippen LogP contribution in [0.3, 0.4) is 0 Å². The standard InChI is InChI=1S/C19H23BrO5/c1-3-22-18(21)17(25-16-13(2)5-4-6-15(16)20)14-7-9-19(10-8-14)23-11-12-24-19/h4-7,17H,3,8-12H2,1-2H3. The number of carbonyl (C=O) groups excluding carboxylic acids is 1. The third-order valence-corrected chi connectivity index (χ3v) is 5.14. The number of benzene rings is 1. The van der Waals surface area contributed by atoms with Crippen LogP contribution in [0.1, 0.15) is 31.7 Å². The lowest BCUT2D eigenvalue weighted by Crippen LogP contribution is -2.37. The van der Waals surface area contributed by atoms with E-state index < -0.39 is 11.9 Å². The van der Waals surface area contributed by atoms with E-state index in [1.807, 2.05) is 31.2 Å². The van der Waals surface area contributed by atoms with Crippen LogP contribution in [-0.2, 0) is 19.0 Å². The van der Waals surface area contributed by atoms with Crippen LogP contribution in [-0.4, -0.2) is 37.7 Å². The molecule has 0 bridgehead atoms. The normalized spacial score (nSPS) is 20.2. The smallest absolute Gasteiger partial charge is 0.351 e. The Morgan fingerprint density at radius 3 is 2.72 bits per heavy atom. The maximum absolute atomic E-state index is 12.5. The molecule has 0 radical (unpaired) electrons. The molecule has 1 fully saturated rings. The van der Waals surface area contributed by atoms with E-state index in [0.29, 0.717) is 44.8 Å². The molecule has 1 aliphatic carbocycles. The number of ether oxygens (including phenoxy) is 4. The Labute approximate surface area is 156 Å². The molecule has 1 heterocycles. The molecule has 5 nitrogen and oxygen atoms in total. The van der Waals surface area contributed by atoms with Crippen molar-refractivity contribution in [2.75, 3.05) is 19.8 Å². The minimum atomic E-state index is -0.754. The van der Waals surface area contributed by atoms with Gasteiger partial charge in [-0.3, -0.25) is 0 Å². The van der Waals surface area contributed by atoms with Crippen molar-refractivity contribution in [3.05, 3.63) is 39.9 Å². The van der Waals surface area contributed by atoms with Gasteiger partial charge in [-0.1, -0.05) is 18.2 Å². The van der Waals surface area contributed by atoms with Crippen molar-refractivity contribution in [1.82, 2.24) is 0 Å². The maximum atomic E-state index is 12.5. The van der Waals surface area contributed by atoms with Crippen molar-refractivity contribution in [1.29, 1.82) is 0 Å². The van der Waals surface area contributed by atoms with Gasteiger partial charge in [0, 0.05) is 12.8 Å². The quantitative estimate of drug-likeness (QED) is 0.543. The third kappa shape index (κ3) is 4.07. The monoisotopic (exact) mass is 410 g/mol. The van der Waals surface area contributed by atoms with Gasteiger partial charge in [-0.15, -0.1) is 0 Å². The van der Waals surface area contributed by atoms with Crippen molar-refractivity contribution in [2.24, 2.45) is 0 Å². The van der Waals surface area contributed by atoms with Gasteiger partial charge in [-0.05, 0) is 53.4 Å². The van der Waals surface area contributed by atoms with Gasteiger partial charge in [-0.2, -0.15) is 0 Å². The van der Waals surface area contributed by atoms with Gasteiger partial charge in [0.1, 0.15) is 5.75 Å². The number of hydrogen-bond acceptors (Lipinski definition) is 5. The van der Waals surface area contributed by atoms with Crippen molar-refractivity contribution in [3.8, 4) is 5.75 Å². The second-order valence-corrected chi connectivity index (χ2v) is 7.08. The van der Waals surface area contributed by atoms with Crippen LogP contribution < -0.4 is 4.74 Å². The summed E-state index contributed by atoms with van der Waals surface area (Å²) in [5.41, 5.74) is 1.87. The fourth-order valence-corrected chi connectivity index (χ4v) is 3.76. The van der Waals surface area contributed by atoms with Gasteiger partial charge in [0.2, 0.25) is 6.10 Å². The summed E-state index contributed by atoms with van der Waals surface area (Å²) in [5, 5.41) is 0. The second kappa shape index (κ2) is 7.89. The minimum absolute atomic E-state index is 0.317. The summed E-state index contributed by atoms with van der Waals surface area (Å²) in [6.45, 7) is 5.31. The van der Waals surface area contributed by atoms with E-state index in [4.69, 9.17) is 18.9 Å². The molecule has 0 saturated carbocycles. The van der Waals surface area contributed by atoms with Gasteiger partial charge in [0.25, 0.3) is 0 Å². The molecule has 6 heteroatoms. The summed E-state index contributed by atoms with van der Waals surface area (Å²) in [7, 11) is 0. The first-order chi connectivity index (χ1) is 12.0. The highest BCUT2D eigenvalue weighted by Crippen LogP contribution is 2.38. The highest BCUT2D eigenvalue weighted by atomic mass is 79.9. The maximum Gasteiger partial charge on any atom is 0.351 e. The summed E-state index contributed by atoms with van der Waals surface area (Å²) < 4.78 is 23.7. The molecule has 1 unspecified atom stereocenters. The summed E-state index contributed by atoms with van der Waals surface area (Å²) in [6, 6.07) is 5.78. The van der Waals surface area contributed by atoms with E-state index in [1.54, 1.807) is 6.92 Å². The Morgan fingerprint density at radius 1 is 1.36 bits per heavy atom. The fourth-order valence-electron chi connectivity index (χ4n) is 3.20. The lowest BCUT2D eigenvalue weighted by atomic mass is 9.91. The van der Waals surface area contributed by atoms with Crippen molar-refractivity contribution < 1.29 is 23.7 Å². The Balaban J connectivity index is 1.83.